The second-order valence-corrected chi connectivity index (χ2v) is 9.04. The average molecular weight is 434 g/mol. The molecule has 0 bridgehead atoms. The van der Waals surface area contributed by atoms with Crippen LogP contribution in [0.2, 0.25) is 0 Å². The first-order valence-electron chi connectivity index (χ1n) is 11.4. The third-order valence-corrected chi connectivity index (χ3v) is 6.75. The molecule has 5 rings (SSSR count). The van der Waals surface area contributed by atoms with Crippen LogP contribution in [0.1, 0.15) is 42.7 Å². The number of rotatable bonds is 5. The van der Waals surface area contributed by atoms with Crippen LogP contribution < -0.4 is 15.1 Å². The number of aliphatic hydroxyl groups is 1. The molecule has 0 spiro atoms. The standard InChI is InChI=1S/C25H31N5O2/c1-16-23(17(2)32-28-16)19-13-22-24(26-14-19)29(3)25(27-20-9-11-21(31)12-10-20)30(22)15-18-7-5-4-6-8-18/h4-8,13-14,20-21,25,27,31H,9-12,15H2,1-3H3. The molecular formula is C25H31N5O2. The molecule has 1 fully saturated rings. The second-order valence-electron chi connectivity index (χ2n) is 9.04. The van der Waals surface area contributed by atoms with Crippen molar-refractivity contribution in [3.05, 3.63) is 59.6 Å². The maximum absolute atomic E-state index is 9.92. The van der Waals surface area contributed by atoms with Crippen LogP contribution in [-0.2, 0) is 6.54 Å². The lowest BCUT2D eigenvalue weighted by atomic mass is 9.93. The molecule has 1 unspecified atom stereocenters. The lowest BCUT2D eigenvalue weighted by Crippen LogP contribution is -2.55. The minimum atomic E-state index is -0.161. The highest BCUT2D eigenvalue weighted by Gasteiger charge is 2.37. The number of nitrogens with one attached hydrogen (secondary N) is 1. The highest BCUT2D eigenvalue weighted by Crippen LogP contribution is 2.41. The molecule has 1 aliphatic heterocycles. The molecule has 0 radical (unpaired) electrons. The number of pyridine rings is 1. The minimum Gasteiger partial charge on any atom is -0.393 e. The Bertz CT molecular complexity index is 1060. The SMILES string of the molecule is Cc1noc(C)c1-c1cnc2c(c1)N(Cc1ccccc1)C(NC1CCC(O)CC1)N2C. The summed E-state index contributed by atoms with van der Waals surface area (Å²) in [5.74, 6) is 1.77. The molecule has 32 heavy (non-hydrogen) atoms. The van der Waals surface area contributed by atoms with Crippen molar-refractivity contribution in [2.45, 2.75) is 64.5 Å². The number of benzene rings is 1. The average Bonchev–Trinajstić information content (AvgIpc) is 3.27. The van der Waals surface area contributed by atoms with Gasteiger partial charge in [0, 0.05) is 37.0 Å². The zero-order valence-electron chi connectivity index (χ0n) is 19.0. The Morgan fingerprint density at radius 2 is 1.88 bits per heavy atom. The Morgan fingerprint density at radius 1 is 1.12 bits per heavy atom. The van der Waals surface area contributed by atoms with Gasteiger partial charge in [0.05, 0.1) is 17.5 Å². The summed E-state index contributed by atoms with van der Waals surface area (Å²) in [5.41, 5.74) is 5.26. The summed E-state index contributed by atoms with van der Waals surface area (Å²) in [4.78, 5) is 9.48. The molecule has 3 aromatic rings. The van der Waals surface area contributed by atoms with E-state index in [2.05, 4.69) is 57.7 Å². The van der Waals surface area contributed by atoms with E-state index in [0.29, 0.717) is 6.04 Å². The minimum absolute atomic E-state index is 0.00197. The summed E-state index contributed by atoms with van der Waals surface area (Å²) in [6.45, 7) is 4.69. The topological polar surface area (TPSA) is 77.7 Å². The van der Waals surface area contributed by atoms with Crippen molar-refractivity contribution in [3.8, 4) is 11.1 Å². The van der Waals surface area contributed by atoms with Crippen LogP contribution in [0.15, 0.2) is 47.1 Å². The first-order chi connectivity index (χ1) is 15.5. The maximum Gasteiger partial charge on any atom is 0.159 e. The van der Waals surface area contributed by atoms with E-state index in [9.17, 15) is 5.11 Å². The summed E-state index contributed by atoms with van der Waals surface area (Å²) >= 11 is 0. The number of anilines is 2. The molecule has 1 atom stereocenters. The number of aromatic nitrogens is 2. The van der Waals surface area contributed by atoms with E-state index in [1.54, 1.807) is 0 Å². The molecule has 7 nitrogen and oxygen atoms in total. The molecule has 1 aromatic carbocycles. The second kappa shape index (κ2) is 8.56. The van der Waals surface area contributed by atoms with Gasteiger partial charge < -0.3 is 19.4 Å². The number of hydrogen-bond donors (Lipinski definition) is 2. The summed E-state index contributed by atoms with van der Waals surface area (Å²) in [7, 11) is 2.10. The quantitative estimate of drug-likeness (QED) is 0.630. The van der Waals surface area contributed by atoms with Crippen molar-refractivity contribution in [2.75, 3.05) is 16.8 Å². The van der Waals surface area contributed by atoms with Gasteiger partial charge in [0.2, 0.25) is 0 Å². The lowest BCUT2D eigenvalue weighted by Gasteiger charge is -2.36. The third-order valence-electron chi connectivity index (χ3n) is 6.75. The molecule has 7 heteroatoms. The fourth-order valence-corrected chi connectivity index (χ4v) is 5.02. The molecule has 3 heterocycles. The number of fused-ring (bicyclic) bond motifs is 1. The van der Waals surface area contributed by atoms with Crippen molar-refractivity contribution in [2.24, 2.45) is 0 Å². The van der Waals surface area contributed by atoms with Gasteiger partial charge in [-0.25, -0.2) is 4.98 Å². The van der Waals surface area contributed by atoms with Crippen molar-refractivity contribution in [3.63, 3.8) is 0 Å². The van der Waals surface area contributed by atoms with Gasteiger partial charge in [-0.1, -0.05) is 35.5 Å². The molecule has 1 aliphatic carbocycles. The largest absolute Gasteiger partial charge is 0.393 e. The number of hydrogen-bond acceptors (Lipinski definition) is 7. The Kier molecular flexibility index (Phi) is 5.61. The van der Waals surface area contributed by atoms with Gasteiger partial charge in [0.15, 0.2) is 12.1 Å². The predicted molar refractivity (Wildman–Crippen MR) is 125 cm³/mol. The van der Waals surface area contributed by atoms with Gasteiger partial charge >= 0.3 is 0 Å². The van der Waals surface area contributed by atoms with Gasteiger partial charge in [0.1, 0.15) is 5.76 Å². The van der Waals surface area contributed by atoms with Gasteiger partial charge in [-0.15, -0.1) is 0 Å². The Hall–Kier alpha value is -2.90. The zero-order valence-corrected chi connectivity index (χ0v) is 19.0. The van der Waals surface area contributed by atoms with Crippen LogP contribution in [-0.4, -0.2) is 40.7 Å². The zero-order chi connectivity index (χ0) is 22.2. The van der Waals surface area contributed by atoms with Crippen LogP contribution in [0.3, 0.4) is 0 Å². The Morgan fingerprint density at radius 3 is 2.56 bits per heavy atom. The number of nitrogens with zero attached hydrogens (tertiary/aromatic N) is 4. The highest BCUT2D eigenvalue weighted by molar-refractivity contribution is 5.80. The van der Waals surface area contributed by atoms with Crippen molar-refractivity contribution < 1.29 is 9.63 Å². The third kappa shape index (κ3) is 3.87. The molecular weight excluding hydrogens is 402 g/mol. The van der Waals surface area contributed by atoms with Crippen LogP contribution >= 0.6 is 0 Å². The number of aryl methyl sites for hydroxylation is 2. The van der Waals surface area contributed by atoms with E-state index in [0.717, 1.165) is 66.3 Å². The highest BCUT2D eigenvalue weighted by atomic mass is 16.5. The fourth-order valence-electron chi connectivity index (χ4n) is 5.02. The van der Waals surface area contributed by atoms with Crippen molar-refractivity contribution in [1.82, 2.24) is 15.5 Å². The fraction of sp³-hybridized carbons (Fsp3) is 0.440. The van der Waals surface area contributed by atoms with E-state index in [4.69, 9.17) is 9.51 Å². The van der Waals surface area contributed by atoms with E-state index in [1.165, 1.54) is 5.56 Å². The summed E-state index contributed by atoms with van der Waals surface area (Å²) in [6, 6.07) is 13.1. The smallest absolute Gasteiger partial charge is 0.159 e. The van der Waals surface area contributed by atoms with E-state index in [-0.39, 0.29) is 12.4 Å². The normalized spacial score (nSPS) is 22.9. The van der Waals surface area contributed by atoms with Gasteiger partial charge in [-0.3, -0.25) is 5.32 Å². The molecule has 2 N–H and O–H groups in total. The Balaban J connectivity index is 1.50. The molecule has 2 aromatic heterocycles. The van der Waals surface area contributed by atoms with Gasteiger partial charge in [0.25, 0.3) is 0 Å². The van der Waals surface area contributed by atoms with E-state index in [1.807, 2.05) is 26.1 Å². The van der Waals surface area contributed by atoms with Crippen molar-refractivity contribution >= 4 is 11.5 Å². The molecule has 2 aliphatic rings. The summed E-state index contributed by atoms with van der Waals surface area (Å²) in [6.07, 6.45) is 5.44. The molecule has 168 valence electrons. The van der Waals surface area contributed by atoms with Crippen LogP contribution in [0.5, 0.6) is 0 Å². The Labute approximate surface area is 189 Å². The monoisotopic (exact) mass is 433 g/mol. The molecule has 0 amide bonds. The summed E-state index contributed by atoms with van der Waals surface area (Å²) < 4.78 is 5.41. The van der Waals surface area contributed by atoms with Crippen LogP contribution in [0, 0.1) is 13.8 Å². The summed E-state index contributed by atoms with van der Waals surface area (Å²) in [5, 5.41) is 17.9. The van der Waals surface area contributed by atoms with Gasteiger partial charge in [-0.2, -0.15) is 0 Å². The van der Waals surface area contributed by atoms with Crippen LogP contribution in [0.25, 0.3) is 11.1 Å². The molecule has 0 saturated heterocycles. The maximum atomic E-state index is 9.92. The molecule has 1 saturated carbocycles. The lowest BCUT2D eigenvalue weighted by molar-refractivity contribution is 0.114. The van der Waals surface area contributed by atoms with Gasteiger partial charge in [-0.05, 0) is 51.2 Å². The number of aliphatic hydroxyl groups excluding tert-OH is 1. The van der Waals surface area contributed by atoms with Crippen LogP contribution in [0.4, 0.5) is 11.5 Å². The first-order valence-corrected chi connectivity index (χ1v) is 11.4. The first kappa shape index (κ1) is 21.0. The van der Waals surface area contributed by atoms with E-state index >= 15 is 0 Å². The predicted octanol–water partition coefficient (Wildman–Crippen LogP) is 3.99. The van der Waals surface area contributed by atoms with Crippen molar-refractivity contribution in [1.29, 1.82) is 0 Å². The van der Waals surface area contributed by atoms with E-state index < -0.39 is 0 Å².